The first-order valence-electron chi connectivity index (χ1n) is 40.3. The number of aryl methyl sites for hydroxylation is 3. The fourth-order valence-electron chi connectivity index (χ4n) is 15.2. The summed E-state index contributed by atoms with van der Waals surface area (Å²) in [6.45, 7) is 12.0. The Hall–Kier alpha value is -7.12. The molecule has 5 aliphatic heterocycles. The maximum atomic E-state index is 12.5. The van der Waals surface area contributed by atoms with Gasteiger partial charge in [-0.1, -0.05) is 138 Å². The normalized spacial score (nSPS) is 22.5. The first-order chi connectivity index (χ1) is 54.5. The van der Waals surface area contributed by atoms with Crippen molar-refractivity contribution in [2.45, 2.75) is 220 Å². The number of pyridine rings is 5. The van der Waals surface area contributed by atoms with Crippen molar-refractivity contribution in [2.24, 2.45) is 0 Å². The Morgan fingerprint density at radius 2 is 0.732 bits per heavy atom. The number of aliphatic hydroxyl groups is 5. The zero-order chi connectivity index (χ0) is 78.8. The third-order valence-electron chi connectivity index (χ3n) is 21.2. The predicted octanol–water partition coefficient (Wildman–Crippen LogP) is 20.7. The number of Topliss-reactive ketones (excluding diaryl/α,β-unsaturated/α-hetero) is 2. The van der Waals surface area contributed by atoms with Crippen molar-refractivity contribution >= 4 is 82.6 Å². The van der Waals surface area contributed by atoms with Gasteiger partial charge in [-0.25, -0.2) is 0 Å². The van der Waals surface area contributed by atoms with Crippen LogP contribution in [0.1, 0.15) is 265 Å². The minimum Gasteiger partial charge on any atom is -0.373 e. The zero-order valence-electron chi connectivity index (χ0n) is 65.4. The van der Waals surface area contributed by atoms with Crippen molar-refractivity contribution in [3.8, 4) is 0 Å². The summed E-state index contributed by atoms with van der Waals surface area (Å²) in [4.78, 5) is 44.6. The molecule has 0 bridgehead atoms. The summed E-state index contributed by atoms with van der Waals surface area (Å²) in [6, 6.07) is 69.6. The number of carbonyl (C=O) groups excluding carboxylic acids is 2. The van der Waals surface area contributed by atoms with E-state index in [9.17, 15) is 35.1 Å². The van der Waals surface area contributed by atoms with E-state index in [0.29, 0.717) is 39.1 Å². The molecule has 5 aromatic carbocycles. The van der Waals surface area contributed by atoms with E-state index >= 15 is 0 Å². The van der Waals surface area contributed by atoms with Gasteiger partial charge in [0, 0.05) is 52.6 Å². The molecule has 18 heteroatoms. The smallest absolute Gasteiger partial charge is 0.157 e. The molecular weight excluding hydrogens is 1580 g/mol. The fourth-order valence-corrected chi connectivity index (χ4v) is 26.5. The van der Waals surface area contributed by atoms with E-state index in [-0.39, 0.29) is 59.6 Å². The van der Waals surface area contributed by atoms with Crippen LogP contribution in [0.25, 0.3) is 0 Å². The summed E-state index contributed by atoms with van der Waals surface area (Å²) in [5.41, 5.74) is 15.4. The van der Waals surface area contributed by atoms with Gasteiger partial charge >= 0.3 is 282 Å². The number of aromatic nitrogens is 5. The molecule has 0 spiro atoms. The molecule has 9 atom stereocenters. The predicted molar refractivity (Wildman–Crippen MR) is 461 cm³/mol. The van der Waals surface area contributed by atoms with E-state index in [0.717, 1.165) is 135 Å². The second-order valence-electron chi connectivity index (χ2n) is 29.4. The third kappa shape index (κ3) is 22.3. The Bertz CT molecular complexity index is 4180. The second-order valence-corrected chi connectivity index (χ2v) is 39.9. The molecule has 0 amide bonds. The average Bonchev–Trinajstić information content (AvgIpc) is 1.68. The van der Waals surface area contributed by atoms with Crippen LogP contribution in [-0.4, -0.2) is 98.5 Å². The van der Waals surface area contributed by atoms with Gasteiger partial charge in [0.25, 0.3) is 0 Å². The number of hydrogen-bond acceptors (Lipinski definition) is 16. The Morgan fingerprint density at radius 1 is 0.366 bits per heavy atom. The van der Waals surface area contributed by atoms with Crippen molar-refractivity contribution in [1.29, 1.82) is 0 Å². The van der Waals surface area contributed by atoms with Crippen LogP contribution in [0, 0.1) is 0 Å². The number of rotatable bonds is 30. The van der Waals surface area contributed by atoms with Gasteiger partial charge in [-0.15, -0.1) is 23.5 Å². The van der Waals surface area contributed by atoms with Gasteiger partial charge in [0.15, 0.2) is 10.7 Å². The number of benzene rings is 5. The molecule has 9 unspecified atom stereocenters. The molecule has 5 aliphatic rings. The van der Waals surface area contributed by atoms with Gasteiger partial charge in [0.2, 0.25) is 0 Å². The summed E-state index contributed by atoms with van der Waals surface area (Å²) >= 11 is 4.98. The number of carbonyl (C=O) groups is 2. The second kappa shape index (κ2) is 42.0. The molecule has 5 aromatic heterocycles. The number of unbranched alkanes of at least 4 members (excludes halogenated alkanes) is 5. The number of nitrogens with zero attached hydrogens (tertiary/aromatic N) is 6. The van der Waals surface area contributed by atoms with Gasteiger partial charge in [-0.05, 0) is 122 Å². The molecule has 0 fully saturated rings. The third-order valence-corrected chi connectivity index (χ3v) is 32.1. The molecule has 13 nitrogen and oxygen atoms in total. The van der Waals surface area contributed by atoms with Gasteiger partial charge in [0.05, 0.1) is 12.1 Å². The molecule has 15 rings (SSSR count). The summed E-state index contributed by atoms with van der Waals surface area (Å²) in [5.74, 6) is -0.201. The Morgan fingerprint density at radius 3 is 1.20 bits per heavy atom. The maximum Gasteiger partial charge on any atom is 0.157 e. The van der Waals surface area contributed by atoms with Crippen molar-refractivity contribution in [1.82, 2.24) is 24.9 Å². The minimum absolute atomic E-state index is 0.0315. The number of hydrogen-bond donors (Lipinski definition) is 5. The number of ketones is 2. The Labute approximate surface area is 689 Å². The molecule has 588 valence electrons. The quantitative estimate of drug-likeness (QED) is 0.0161. The van der Waals surface area contributed by atoms with Crippen molar-refractivity contribution in [3.63, 3.8) is 0 Å². The van der Waals surface area contributed by atoms with E-state index in [1.165, 1.54) is 71.7 Å². The summed E-state index contributed by atoms with van der Waals surface area (Å²) < 4.78 is 0.618. The first-order valence-corrected chi connectivity index (χ1v) is 46.5. The van der Waals surface area contributed by atoms with Crippen LogP contribution in [-0.2, 0) is 43.1 Å². The molecular formula is C94H110N6O7S3Se2. The monoisotopic (exact) mass is 1690 g/mol. The van der Waals surface area contributed by atoms with Gasteiger partial charge < -0.3 is 19.6 Å². The maximum absolute atomic E-state index is 12.5. The van der Waals surface area contributed by atoms with E-state index in [1.54, 1.807) is 66.4 Å². The van der Waals surface area contributed by atoms with Crippen LogP contribution in [0.15, 0.2) is 243 Å². The molecule has 5 N–H and O–H groups in total. The molecule has 0 radical (unpaired) electrons. The summed E-state index contributed by atoms with van der Waals surface area (Å²) in [5, 5.41) is 56.7. The molecule has 10 heterocycles. The van der Waals surface area contributed by atoms with Crippen LogP contribution in [0.5, 0.6) is 0 Å². The summed E-state index contributed by atoms with van der Waals surface area (Å²) in [6.07, 6.45) is 29.7. The molecule has 0 saturated heterocycles. The SMILES string of the molecule is CCCCC1SC(O)(CC(=O)c2ccccn2)c2ccccc21.CCCCC1SC(O)(CCc2ccccn2)c2ccccc21.CCCCC1[Se]C(O)(CC(=O)c2ccccn2)c2ccccc21.CCCCC1[Se]C(O)(CCc2ccccn2)c2ccccc21.CCCCN1SC(O)(CCc2ccccn2)c2ccccc21. The van der Waals surface area contributed by atoms with Gasteiger partial charge in [-0.2, -0.15) is 0 Å². The Kier molecular flexibility index (Phi) is 32.1. The van der Waals surface area contributed by atoms with E-state index in [2.05, 4.69) is 125 Å². The van der Waals surface area contributed by atoms with Crippen LogP contribution in [0.2, 0.25) is 0 Å². The van der Waals surface area contributed by atoms with Gasteiger partial charge in [0.1, 0.15) is 15.6 Å². The van der Waals surface area contributed by atoms with Crippen molar-refractivity contribution in [2.75, 3.05) is 10.8 Å². The number of para-hydroxylation sites is 1. The first kappa shape index (κ1) is 85.8. The van der Waals surface area contributed by atoms with Crippen molar-refractivity contribution < 1.29 is 35.1 Å². The molecule has 10 aromatic rings. The molecule has 0 aliphatic carbocycles. The van der Waals surface area contributed by atoms with Crippen molar-refractivity contribution in [3.05, 3.63) is 322 Å². The Balaban J connectivity index is 0.000000138. The fraction of sp³-hybridized carbons (Fsp3) is 0.394. The number of thioether (sulfide) groups is 2. The average molecular weight is 1690 g/mol. The van der Waals surface area contributed by atoms with Crippen LogP contribution in [0.4, 0.5) is 5.69 Å². The summed E-state index contributed by atoms with van der Waals surface area (Å²) in [7, 11) is 0. The van der Waals surface area contributed by atoms with E-state index < -0.39 is 23.8 Å². The number of fused-ring (bicyclic) bond motifs is 5. The minimum atomic E-state index is -1.15. The number of anilines is 1. The van der Waals surface area contributed by atoms with Gasteiger partial charge in [-0.3, -0.25) is 19.7 Å². The standard InChI is InChI=1S/C19H21NO2S.C19H21NO2Se.C19H23NOS.C19H23NOSe.C18H22N2OS/c2*1-2-3-11-18-14-8-4-5-9-15(14)19(22,23-18)13-17(21)16-10-6-7-12-20-16;2*1-2-3-11-18-16-9-4-5-10-17(16)19(21,22-18)13-12-15-8-6-7-14-20-15;1-2-3-14-20-17-10-5-4-9-16(17)18(21,22-20)12-11-15-8-6-7-13-19-15/h2*4-10,12,18,22H,2-3,11,13H2,1H3;2*4-10,14,18,21H,2-3,11-13H2,1H3;4-10,13,21H,2-3,11-12,14H2,1H3. The van der Waals surface area contributed by atoms with Crippen LogP contribution < -0.4 is 4.31 Å². The molecule has 0 saturated carbocycles. The zero-order valence-corrected chi connectivity index (χ0v) is 71.3. The largest absolute Gasteiger partial charge is 0.373 e. The molecule has 112 heavy (non-hydrogen) atoms. The topological polar surface area (TPSA) is 203 Å². The van der Waals surface area contributed by atoms with E-state index in [4.69, 9.17) is 0 Å². The van der Waals surface area contributed by atoms with Crippen LogP contribution in [0.3, 0.4) is 0 Å². The van der Waals surface area contributed by atoms with E-state index in [1.807, 2.05) is 140 Å². The van der Waals surface area contributed by atoms with Crippen LogP contribution >= 0.6 is 35.5 Å².